The van der Waals surface area contributed by atoms with E-state index in [9.17, 15) is 24.0 Å². The van der Waals surface area contributed by atoms with Crippen molar-refractivity contribution in [2.45, 2.75) is 38.1 Å². The van der Waals surface area contributed by atoms with Crippen LogP contribution in [0.1, 0.15) is 52.0 Å². The highest BCUT2D eigenvalue weighted by Crippen LogP contribution is 2.28. The van der Waals surface area contributed by atoms with Crippen LogP contribution >= 0.6 is 0 Å². The molecule has 2 aliphatic rings. The number of aliphatic carboxylic acids is 1. The predicted molar refractivity (Wildman–Crippen MR) is 138 cm³/mol. The lowest BCUT2D eigenvalue weighted by atomic mass is 10.0. The summed E-state index contributed by atoms with van der Waals surface area (Å²) in [6.45, 7) is 3.96. The zero-order valence-electron chi connectivity index (χ0n) is 22.4. The van der Waals surface area contributed by atoms with Gasteiger partial charge in [-0.05, 0) is 37.0 Å². The molecule has 1 unspecified atom stereocenters. The van der Waals surface area contributed by atoms with Crippen molar-refractivity contribution in [3.63, 3.8) is 0 Å². The number of amides is 4. The second kappa shape index (κ2) is 16.8. The molecular weight excluding hydrogens is 528 g/mol. The normalized spacial score (nSPS) is 16.9. The minimum Gasteiger partial charge on any atom is -0.481 e. The van der Waals surface area contributed by atoms with Crippen LogP contribution < -0.4 is 5.32 Å². The number of rotatable bonds is 20. The Morgan fingerprint density at radius 3 is 1.93 bits per heavy atom. The maximum absolute atomic E-state index is 12.9. The number of carboxylic acid groups (broad SMARTS) is 1. The van der Waals surface area contributed by atoms with Gasteiger partial charge in [-0.1, -0.05) is 6.07 Å². The zero-order chi connectivity index (χ0) is 28.7. The van der Waals surface area contributed by atoms with Gasteiger partial charge in [-0.25, -0.2) is 0 Å². The Kier molecular flexibility index (Phi) is 13.1. The first-order valence-electron chi connectivity index (χ1n) is 13.3. The summed E-state index contributed by atoms with van der Waals surface area (Å²) in [6.07, 6.45) is 1.55. The van der Waals surface area contributed by atoms with E-state index in [1.54, 1.807) is 18.2 Å². The summed E-state index contributed by atoms with van der Waals surface area (Å²) in [5.41, 5.74) is 1.43. The van der Waals surface area contributed by atoms with E-state index in [-0.39, 0.29) is 37.0 Å². The van der Waals surface area contributed by atoms with Crippen LogP contribution in [0.15, 0.2) is 18.2 Å². The molecule has 13 nitrogen and oxygen atoms in total. The monoisotopic (exact) mass is 564 g/mol. The maximum atomic E-state index is 12.9. The molecule has 3 rings (SSSR count). The molecule has 4 amide bonds. The lowest BCUT2D eigenvalue weighted by molar-refractivity contribution is -0.138. The Balaban J connectivity index is 1.19. The number of carbonyl (C=O) groups excluding carboxylic acids is 4. The van der Waals surface area contributed by atoms with Crippen molar-refractivity contribution in [3.05, 3.63) is 34.9 Å². The van der Waals surface area contributed by atoms with Gasteiger partial charge in [0.25, 0.3) is 11.8 Å². The largest absolute Gasteiger partial charge is 0.481 e. The molecule has 0 radical (unpaired) electrons. The molecule has 1 aromatic carbocycles. The third kappa shape index (κ3) is 9.75. The Hall–Kier alpha value is -3.23. The van der Waals surface area contributed by atoms with Crippen molar-refractivity contribution >= 4 is 29.6 Å². The number of nitrogens with one attached hydrogen (secondary N) is 1. The first-order valence-corrected chi connectivity index (χ1v) is 13.3. The molecule has 1 atom stereocenters. The van der Waals surface area contributed by atoms with E-state index in [4.69, 9.17) is 28.8 Å². The zero-order valence-corrected chi connectivity index (χ0v) is 22.4. The predicted octanol–water partition coefficient (Wildman–Crippen LogP) is 0.578. The van der Waals surface area contributed by atoms with Crippen LogP contribution in [0.3, 0.4) is 0 Å². The quantitative estimate of drug-likeness (QED) is 0.168. The molecule has 40 heavy (non-hydrogen) atoms. The molecule has 0 spiro atoms. The average Bonchev–Trinajstić information content (AvgIpc) is 3.17. The van der Waals surface area contributed by atoms with Gasteiger partial charge in [0, 0.05) is 13.0 Å². The Labute approximate surface area is 232 Å². The number of aryl methyl sites for hydroxylation is 1. The molecule has 13 heteroatoms. The molecule has 2 aliphatic heterocycles. The van der Waals surface area contributed by atoms with E-state index in [0.29, 0.717) is 72.3 Å². The number of hydrogen-bond acceptors (Lipinski definition) is 10. The van der Waals surface area contributed by atoms with Gasteiger partial charge in [0.2, 0.25) is 11.8 Å². The number of nitrogens with zero attached hydrogens (tertiary/aromatic N) is 1. The molecule has 220 valence electrons. The number of imide groups is 2. The first-order chi connectivity index (χ1) is 19.4. The molecule has 1 fully saturated rings. The Morgan fingerprint density at radius 2 is 1.35 bits per heavy atom. The smallest absolute Gasteiger partial charge is 0.305 e. The summed E-state index contributed by atoms with van der Waals surface area (Å²) in [5, 5.41) is 10.7. The fraction of sp³-hybridized carbons (Fsp3) is 0.593. The number of fused-ring (bicyclic) bond motifs is 1. The standard InChI is InChI=1S/C27H36N2O11/c30-23-6-5-22(25(33)28-23)29-26(34)20-4-3-19(18-21(20)27(29)35)2-1-8-36-10-12-38-14-16-40-17-15-39-13-11-37-9-7-24(31)32/h3-4,18,22H,1-2,5-17H2,(H,31,32)(H,28,30,33). The third-order valence-corrected chi connectivity index (χ3v) is 6.21. The summed E-state index contributed by atoms with van der Waals surface area (Å²) in [4.78, 5) is 60.5. The van der Waals surface area contributed by atoms with Gasteiger partial charge < -0.3 is 28.8 Å². The van der Waals surface area contributed by atoms with Gasteiger partial charge in [-0.3, -0.25) is 34.2 Å². The minimum atomic E-state index is -0.973. The molecule has 0 aliphatic carbocycles. The molecule has 1 aromatic rings. The van der Waals surface area contributed by atoms with E-state index < -0.39 is 35.6 Å². The number of benzene rings is 1. The minimum absolute atomic E-state index is 0.0212. The van der Waals surface area contributed by atoms with E-state index in [1.165, 1.54) is 0 Å². The van der Waals surface area contributed by atoms with Crippen LogP contribution in [0.4, 0.5) is 0 Å². The SMILES string of the molecule is O=C(O)CCOCCOCCOCCOCCOCCCc1ccc2c(c1)C(=O)N(C1CCC(=O)NC1=O)C2=O. The van der Waals surface area contributed by atoms with Crippen LogP contribution in [0.5, 0.6) is 0 Å². The Bertz CT molecular complexity index is 1050. The third-order valence-electron chi connectivity index (χ3n) is 6.21. The summed E-state index contributed by atoms with van der Waals surface area (Å²) in [5.74, 6) is -2.95. The van der Waals surface area contributed by atoms with E-state index in [1.807, 2.05) is 0 Å². The van der Waals surface area contributed by atoms with Crippen molar-refractivity contribution in [1.82, 2.24) is 10.2 Å². The van der Waals surface area contributed by atoms with Gasteiger partial charge in [0.15, 0.2) is 0 Å². The van der Waals surface area contributed by atoms with Gasteiger partial charge in [0.1, 0.15) is 6.04 Å². The molecule has 2 heterocycles. The molecule has 0 saturated carbocycles. The number of carbonyl (C=O) groups is 5. The summed E-state index contributed by atoms with van der Waals surface area (Å²) in [7, 11) is 0. The van der Waals surface area contributed by atoms with Gasteiger partial charge in [-0.15, -0.1) is 0 Å². The van der Waals surface area contributed by atoms with Gasteiger partial charge in [0.05, 0.1) is 77.0 Å². The van der Waals surface area contributed by atoms with Gasteiger partial charge in [-0.2, -0.15) is 0 Å². The van der Waals surface area contributed by atoms with Crippen molar-refractivity contribution < 1.29 is 52.8 Å². The molecule has 0 aromatic heterocycles. The summed E-state index contributed by atoms with van der Waals surface area (Å²) >= 11 is 0. The van der Waals surface area contributed by atoms with E-state index >= 15 is 0 Å². The van der Waals surface area contributed by atoms with Crippen LogP contribution in [0, 0.1) is 0 Å². The molecule has 0 bridgehead atoms. The topological polar surface area (TPSA) is 167 Å². The summed E-state index contributed by atoms with van der Waals surface area (Å²) in [6, 6.07) is 4.12. The Morgan fingerprint density at radius 1 is 0.800 bits per heavy atom. The number of hydrogen-bond donors (Lipinski definition) is 2. The first kappa shape index (κ1) is 31.3. The lowest BCUT2D eigenvalue weighted by Crippen LogP contribution is -2.54. The van der Waals surface area contributed by atoms with Crippen LogP contribution in [0.2, 0.25) is 0 Å². The maximum Gasteiger partial charge on any atom is 0.305 e. The fourth-order valence-corrected chi connectivity index (χ4v) is 4.19. The second-order valence-electron chi connectivity index (χ2n) is 9.14. The van der Waals surface area contributed by atoms with Crippen LogP contribution in [-0.4, -0.2) is 112 Å². The number of piperidine rings is 1. The number of ether oxygens (including phenoxy) is 5. The number of carboxylic acids is 1. The second-order valence-corrected chi connectivity index (χ2v) is 9.14. The molecule has 1 saturated heterocycles. The average molecular weight is 565 g/mol. The highest BCUT2D eigenvalue weighted by Gasteiger charge is 2.44. The molecule has 2 N–H and O–H groups in total. The fourth-order valence-electron chi connectivity index (χ4n) is 4.19. The van der Waals surface area contributed by atoms with Crippen molar-refractivity contribution in [2.24, 2.45) is 0 Å². The van der Waals surface area contributed by atoms with Crippen LogP contribution in [-0.2, 0) is 44.5 Å². The van der Waals surface area contributed by atoms with Crippen molar-refractivity contribution in [1.29, 1.82) is 0 Å². The highest BCUT2D eigenvalue weighted by molar-refractivity contribution is 6.23. The van der Waals surface area contributed by atoms with E-state index in [0.717, 1.165) is 10.5 Å². The van der Waals surface area contributed by atoms with Gasteiger partial charge >= 0.3 is 5.97 Å². The van der Waals surface area contributed by atoms with Crippen molar-refractivity contribution in [2.75, 3.05) is 66.1 Å². The highest BCUT2D eigenvalue weighted by atomic mass is 16.6. The molecular formula is C27H36N2O11. The van der Waals surface area contributed by atoms with E-state index in [2.05, 4.69) is 5.32 Å². The lowest BCUT2D eigenvalue weighted by Gasteiger charge is -2.27. The van der Waals surface area contributed by atoms with Crippen molar-refractivity contribution in [3.8, 4) is 0 Å². The summed E-state index contributed by atoms with van der Waals surface area (Å²) < 4.78 is 26.8. The van der Waals surface area contributed by atoms with Crippen LogP contribution in [0.25, 0.3) is 0 Å².